The summed E-state index contributed by atoms with van der Waals surface area (Å²) >= 11 is 0. The molecule has 3 rings (SSSR count). The normalized spacial score (nSPS) is 11.7. The first-order chi connectivity index (χ1) is 16.1. The van der Waals surface area contributed by atoms with Crippen molar-refractivity contribution in [3.8, 4) is 5.69 Å². The number of nitrogens with one attached hydrogen (secondary N) is 1. The Morgan fingerprint density at radius 3 is 2.47 bits per heavy atom. The second-order valence-corrected chi connectivity index (χ2v) is 9.79. The number of rotatable bonds is 8. The summed E-state index contributed by atoms with van der Waals surface area (Å²) in [6, 6.07) is 15.5. The molecule has 1 aromatic heterocycles. The number of esters is 1. The summed E-state index contributed by atoms with van der Waals surface area (Å²) in [4.78, 5) is 24.3. The van der Waals surface area contributed by atoms with Gasteiger partial charge in [0.1, 0.15) is 0 Å². The average Bonchev–Trinajstić information content (AvgIpc) is 3.10. The molecule has 1 heterocycles. The van der Waals surface area contributed by atoms with Crippen LogP contribution in [0.15, 0.2) is 65.6 Å². The van der Waals surface area contributed by atoms with Crippen molar-refractivity contribution in [2.45, 2.75) is 18.7 Å². The number of hydrogen-bond acceptors (Lipinski definition) is 6. The van der Waals surface area contributed by atoms with E-state index in [2.05, 4.69) is 10.4 Å². The maximum Gasteiger partial charge on any atom is 0.331 e. The number of para-hydroxylation sites is 1. The molecular formula is C24H26N4O5S. The number of benzene rings is 2. The molecule has 0 unspecified atom stereocenters. The van der Waals surface area contributed by atoms with E-state index in [-0.39, 0.29) is 10.6 Å². The van der Waals surface area contributed by atoms with Crippen LogP contribution in [0.3, 0.4) is 0 Å². The highest BCUT2D eigenvalue weighted by Crippen LogP contribution is 2.20. The van der Waals surface area contributed by atoms with Gasteiger partial charge in [0.25, 0.3) is 5.91 Å². The van der Waals surface area contributed by atoms with Crippen molar-refractivity contribution in [3.05, 3.63) is 77.6 Å². The van der Waals surface area contributed by atoms with E-state index in [9.17, 15) is 18.0 Å². The lowest BCUT2D eigenvalue weighted by atomic mass is 10.2. The largest absolute Gasteiger partial charge is 0.452 e. The first-order valence-electron chi connectivity index (χ1n) is 10.4. The van der Waals surface area contributed by atoms with Gasteiger partial charge in [-0.05, 0) is 50.3 Å². The van der Waals surface area contributed by atoms with E-state index in [1.54, 1.807) is 16.8 Å². The van der Waals surface area contributed by atoms with Crippen LogP contribution in [0.25, 0.3) is 11.8 Å². The monoisotopic (exact) mass is 482 g/mol. The number of nitrogens with zero attached hydrogens (tertiary/aromatic N) is 3. The van der Waals surface area contributed by atoms with E-state index < -0.39 is 28.5 Å². The van der Waals surface area contributed by atoms with E-state index in [1.807, 2.05) is 44.2 Å². The summed E-state index contributed by atoms with van der Waals surface area (Å²) in [7, 11) is -0.797. The summed E-state index contributed by atoms with van der Waals surface area (Å²) in [6.45, 7) is 3.22. The molecule has 0 saturated carbocycles. The summed E-state index contributed by atoms with van der Waals surface area (Å²) in [5, 5.41) is 7.04. The molecule has 0 radical (unpaired) electrons. The Labute approximate surface area is 198 Å². The fourth-order valence-electron chi connectivity index (χ4n) is 3.19. The van der Waals surface area contributed by atoms with Crippen LogP contribution in [0.2, 0.25) is 0 Å². The molecule has 34 heavy (non-hydrogen) atoms. The van der Waals surface area contributed by atoms with Crippen molar-refractivity contribution in [2.24, 2.45) is 0 Å². The Kier molecular flexibility index (Phi) is 7.64. The molecule has 0 bridgehead atoms. The summed E-state index contributed by atoms with van der Waals surface area (Å²) in [5.74, 6) is -1.28. The van der Waals surface area contributed by atoms with Gasteiger partial charge in [0.15, 0.2) is 6.61 Å². The van der Waals surface area contributed by atoms with Crippen molar-refractivity contribution in [1.82, 2.24) is 14.1 Å². The number of aryl methyl sites for hydroxylation is 1. The molecule has 9 nitrogen and oxygen atoms in total. The lowest BCUT2D eigenvalue weighted by Crippen LogP contribution is -2.23. The average molecular weight is 483 g/mol. The number of ether oxygens (including phenoxy) is 1. The number of sulfonamides is 1. The van der Waals surface area contributed by atoms with Gasteiger partial charge in [-0.3, -0.25) is 4.79 Å². The number of anilines is 1. The van der Waals surface area contributed by atoms with Gasteiger partial charge in [-0.2, -0.15) is 5.10 Å². The van der Waals surface area contributed by atoms with E-state index >= 15 is 0 Å². The van der Waals surface area contributed by atoms with Gasteiger partial charge in [-0.15, -0.1) is 0 Å². The highest BCUT2D eigenvalue weighted by atomic mass is 32.2. The van der Waals surface area contributed by atoms with E-state index in [1.165, 1.54) is 38.4 Å². The van der Waals surface area contributed by atoms with E-state index in [4.69, 9.17) is 4.74 Å². The van der Waals surface area contributed by atoms with Gasteiger partial charge in [0, 0.05) is 37.1 Å². The van der Waals surface area contributed by atoms with Crippen molar-refractivity contribution >= 4 is 33.7 Å². The smallest absolute Gasteiger partial charge is 0.331 e. The predicted octanol–water partition coefficient (Wildman–Crippen LogP) is 2.93. The van der Waals surface area contributed by atoms with Crippen molar-refractivity contribution in [1.29, 1.82) is 0 Å². The minimum atomic E-state index is -3.64. The molecule has 2 aromatic carbocycles. The number of aromatic nitrogens is 2. The quantitative estimate of drug-likeness (QED) is 0.390. The molecular weight excluding hydrogens is 456 g/mol. The van der Waals surface area contributed by atoms with Gasteiger partial charge in [-0.1, -0.05) is 24.3 Å². The lowest BCUT2D eigenvalue weighted by Gasteiger charge is -2.12. The number of carbonyl (C=O) groups excluding carboxylic acids is 2. The van der Waals surface area contributed by atoms with Crippen LogP contribution in [0.5, 0.6) is 0 Å². The zero-order valence-corrected chi connectivity index (χ0v) is 20.2. The molecule has 178 valence electrons. The Morgan fingerprint density at radius 2 is 1.79 bits per heavy atom. The van der Waals surface area contributed by atoms with Crippen molar-refractivity contribution < 1.29 is 22.7 Å². The van der Waals surface area contributed by atoms with Crippen LogP contribution in [0.4, 0.5) is 5.69 Å². The Hall–Kier alpha value is -3.76. The lowest BCUT2D eigenvalue weighted by molar-refractivity contribution is -0.142. The molecule has 1 amide bonds. The highest BCUT2D eigenvalue weighted by molar-refractivity contribution is 7.89. The topological polar surface area (TPSA) is 111 Å². The van der Waals surface area contributed by atoms with E-state index in [0.717, 1.165) is 26.9 Å². The Morgan fingerprint density at radius 1 is 1.09 bits per heavy atom. The molecule has 1 N–H and O–H groups in total. The molecule has 3 aromatic rings. The van der Waals surface area contributed by atoms with Crippen LogP contribution >= 0.6 is 0 Å². The highest BCUT2D eigenvalue weighted by Gasteiger charge is 2.18. The van der Waals surface area contributed by atoms with Gasteiger partial charge in [-0.25, -0.2) is 22.2 Å². The molecule has 0 spiro atoms. The number of hydrogen-bond donors (Lipinski definition) is 1. The summed E-state index contributed by atoms with van der Waals surface area (Å²) < 4.78 is 32.4. The third-order valence-corrected chi connectivity index (χ3v) is 6.79. The van der Waals surface area contributed by atoms with Crippen LogP contribution in [-0.4, -0.2) is 55.1 Å². The van der Waals surface area contributed by atoms with Gasteiger partial charge >= 0.3 is 5.97 Å². The SMILES string of the molecule is Cc1nn(-c2ccccc2)c(C)c1/C=C/C(=O)OCC(=O)Nc1cccc(S(=O)(=O)N(C)C)c1. The minimum absolute atomic E-state index is 0.0389. The van der Waals surface area contributed by atoms with Crippen molar-refractivity contribution in [2.75, 3.05) is 26.0 Å². The maximum absolute atomic E-state index is 12.2. The molecule has 0 atom stereocenters. The van der Waals surface area contributed by atoms with Gasteiger partial charge < -0.3 is 10.1 Å². The molecule has 0 aliphatic rings. The molecule has 0 saturated heterocycles. The molecule has 10 heteroatoms. The maximum atomic E-state index is 12.2. The second-order valence-electron chi connectivity index (χ2n) is 7.64. The summed E-state index contributed by atoms with van der Waals surface area (Å²) in [5.41, 5.74) is 3.57. The zero-order valence-electron chi connectivity index (χ0n) is 19.3. The van der Waals surface area contributed by atoms with Gasteiger partial charge in [0.2, 0.25) is 10.0 Å². The van der Waals surface area contributed by atoms with Crippen LogP contribution < -0.4 is 5.32 Å². The standard InChI is InChI=1S/C24H26N4O5S/c1-17-22(18(2)28(26-17)20-10-6-5-7-11-20)13-14-24(30)33-16-23(29)25-19-9-8-12-21(15-19)34(31,32)27(3)4/h5-15H,16H2,1-4H3,(H,25,29)/b14-13+. The first-order valence-corrected chi connectivity index (χ1v) is 11.8. The zero-order chi connectivity index (χ0) is 24.9. The van der Waals surface area contributed by atoms with Crippen LogP contribution in [0, 0.1) is 13.8 Å². The second kappa shape index (κ2) is 10.4. The predicted molar refractivity (Wildman–Crippen MR) is 129 cm³/mol. The Balaban J connectivity index is 1.60. The first kappa shape index (κ1) is 24.9. The van der Waals surface area contributed by atoms with E-state index in [0.29, 0.717) is 0 Å². The van der Waals surface area contributed by atoms with Gasteiger partial charge in [0.05, 0.1) is 16.3 Å². The minimum Gasteiger partial charge on any atom is -0.452 e. The Bertz CT molecular complexity index is 1330. The van der Waals surface area contributed by atoms with Crippen molar-refractivity contribution in [3.63, 3.8) is 0 Å². The third-order valence-electron chi connectivity index (χ3n) is 4.98. The van der Waals surface area contributed by atoms with Crippen LogP contribution in [0.1, 0.15) is 17.0 Å². The fraction of sp³-hybridized carbons (Fsp3) is 0.208. The van der Waals surface area contributed by atoms with Crippen LogP contribution in [-0.2, 0) is 24.3 Å². The molecule has 0 fully saturated rings. The molecule has 0 aliphatic heterocycles. The summed E-state index contributed by atoms with van der Waals surface area (Å²) in [6.07, 6.45) is 2.84. The number of carbonyl (C=O) groups is 2. The third kappa shape index (κ3) is 5.77. The fourth-order valence-corrected chi connectivity index (χ4v) is 4.14. The number of amides is 1. The molecule has 0 aliphatic carbocycles.